The van der Waals surface area contributed by atoms with Gasteiger partial charge in [-0.2, -0.15) is 0 Å². The van der Waals surface area contributed by atoms with Crippen molar-refractivity contribution in [2.45, 2.75) is 17.9 Å². The molecule has 1 N–H and O–H groups in total. The minimum Gasteiger partial charge on any atom is -0.306 e. The molecule has 5 nitrogen and oxygen atoms in total. The van der Waals surface area contributed by atoms with Gasteiger partial charge in [0.25, 0.3) is 0 Å². The Kier molecular flexibility index (Phi) is 5.15. The summed E-state index contributed by atoms with van der Waals surface area (Å²) in [6.45, 7) is 1.77. The van der Waals surface area contributed by atoms with Crippen molar-refractivity contribution in [3.8, 4) is 5.69 Å². The van der Waals surface area contributed by atoms with Crippen molar-refractivity contribution in [2.75, 3.05) is 0 Å². The van der Waals surface area contributed by atoms with Crippen LogP contribution in [0.25, 0.3) is 5.69 Å². The van der Waals surface area contributed by atoms with Crippen LogP contribution in [-0.2, 0) is 10.0 Å². The summed E-state index contributed by atoms with van der Waals surface area (Å²) in [4.78, 5) is 4.04. The standard InChI is InChI=1S/C17H15Cl2N3O2S/c1-12(13-2-4-16(5-3-13)22-7-6-20-11-22)21-25(23,24)17-9-14(18)8-15(19)10-17/h2-12,21H,1H3/t12-/m0/s1. The van der Waals surface area contributed by atoms with Gasteiger partial charge in [-0.1, -0.05) is 35.3 Å². The summed E-state index contributed by atoms with van der Waals surface area (Å²) in [6, 6.07) is 11.3. The molecule has 0 radical (unpaired) electrons. The average molecular weight is 396 g/mol. The number of hydrogen-bond acceptors (Lipinski definition) is 3. The van der Waals surface area contributed by atoms with Gasteiger partial charge in [-0.25, -0.2) is 18.1 Å². The Morgan fingerprint density at radius 1 is 1.08 bits per heavy atom. The molecule has 1 heterocycles. The fourth-order valence-electron chi connectivity index (χ4n) is 2.40. The third-order valence-corrected chi connectivity index (χ3v) is 5.63. The summed E-state index contributed by atoms with van der Waals surface area (Å²) in [6.07, 6.45) is 5.23. The molecule has 25 heavy (non-hydrogen) atoms. The molecule has 0 bridgehead atoms. The third-order valence-electron chi connectivity index (χ3n) is 3.67. The van der Waals surface area contributed by atoms with Gasteiger partial charge < -0.3 is 4.57 Å². The lowest BCUT2D eigenvalue weighted by molar-refractivity contribution is 0.567. The summed E-state index contributed by atoms with van der Waals surface area (Å²) in [7, 11) is -3.74. The zero-order valence-electron chi connectivity index (χ0n) is 13.2. The topological polar surface area (TPSA) is 64.0 Å². The van der Waals surface area contributed by atoms with Gasteiger partial charge in [0.05, 0.1) is 11.2 Å². The van der Waals surface area contributed by atoms with Crippen molar-refractivity contribution in [3.05, 3.63) is 76.8 Å². The Morgan fingerprint density at radius 2 is 1.72 bits per heavy atom. The highest BCUT2D eigenvalue weighted by Crippen LogP contribution is 2.24. The number of hydrogen-bond donors (Lipinski definition) is 1. The van der Waals surface area contributed by atoms with Crippen LogP contribution in [0.15, 0.2) is 66.1 Å². The van der Waals surface area contributed by atoms with Crippen LogP contribution in [0.1, 0.15) is 18.5 Å². The van der Waals surface area contributed by atoms with Gasteiger partial charge in [-0.3, -0.25) is 0 Å². The van der Waals surface area contributed by atoms with E-state index in [9.17, 15) is 8.42 Å². The van der Waals surface area contributed by atoms with Gasteiger partial charge in [0, 0.05) is 34.2 Å². The average Bonchev–Trinajstić information content (AvgIpc) is 3.08. The van der Waals surface area contributed by atoms with Crippen molar-refractivity contribution in [1.29, 1.82) is 0 Å². The molecule has 3 aromatic rings. The molecular weight excluding hydrogens is 381 g/mol. The minimum absolute atomic E-state index is 0.0342. The summed E-state index contributed by atoms with van der Waals surface area (Å²) >= 11 is 11.8. The van der Waals surface area contributed by atoms with Crippen molar-refractivity contribution < 1.29 is 8.42 Å². The molecule has 8 heteroatoms. The second-order valence-electron chi connectivity index (χ2n) is 5.51. The quantitative estimate of drug-likeness (QED) is 0.703. The van der Waals surface area contributed by atoms with Crippen molar-refractivity contribution in [1.82, 2.24) is 14.3 Å². The molecule has 0 aliphatic rings. The number of sulfonamides is 1. The lowest BCUT2D eigenvalue weighted by Crippen LogP contribution is -2.26. The molecule has 0 amide bonds. The fraction of sp³-hybridized carbons (Fsp3) is 0.118. The van der Waals surface area contributed by atoms with E-state index in [1.54, 1.807) is 19.4 Å². The Bertz CT molecular complexity index is 951. The van der Waals surface area contributed by atoms with Crippen LogP contribution in [0, 0.1) is 0 Å². The van der Waals surface area contributed by atoms with E-state index in [0.29, 0.717) is 0 Å². The van der Waals surface area contributed by atoms with Crippen LogP contribution in [0.5, 0.6) is 0 Å². The molecule has 0 fully saturated rings. The van der Waals surface area contributed by atoms with Crippen molar-refractivity contribution in [2.24, 2.45) is 0 Å². The number of nitrogens with one attached hydrogen (secondary N) is 1. The van der Waals surface area contributed by atoms with E-state index in [4.69, 9.17) is 23.2 Å². The fourth-order valence-corrected chi connectivity index (χ4v) is 4.36. The van der Waals surface area contributed by atoms with E-state index in [1.165, 1.54) is 18.2 Å². The molecule has 1 atom stereocenters. The Morgan fingerprint density at radius 3 is 2.28 bits per heavy atom. The second-order valence-corrected chi connectivity index (χ2v) is 8.10. The molecule has 130 valence electrons. The molecule has 2 aromatic carbocycles. The highest BCUT2D eigenvalue weighted by atomic mass is 35.5. The highest BCUT2D eigenvalue weighted by Gasteiger charge is 2.19. The van der Waals surface area contributed by atoms with E-state index in [-0.39, 0.29) is 14.9 Å². The summed E-state index contributed by atoms with van der Waals surface area (Å²) in [5.41, 5.74) is 1.78. The number of benzene rings is 2. The first-order chi connectivity index (χ1) is 11.8. The number of nitrogens with zero attached hydrogens (tertiary/aromatic N) is 2. The van der Waals surface area contributed by atoms with Gasteiger partial charge in [-0.05, 0) is 42.8 Å². The SMILES string of the molecule is C[C@H](NS(=O)(=O)c1cc(Cl)cc(Cl)c1)c1ccc(-n2ccnc2)cc1. The molecule has 0 aliphatic heterocycles. The lowest BCUT2D eigenvalue weighted by Gasteiger charge is -2.15. The predicted octanol–water partition coefficient (Wildman–Crippen LogP) is 4.22. The van der Waals surface area contributed by atoms with Crippen LogP contribution in [0.4, 0.5) is 0 Å². The van der Waals surface area contributed by atoms with Crippen molar-refractivity contribution >= 4 is 33.2 Å². The Balaban J connectivity index is 1.80. The summed E-state index contributed by atoms with van der Waals surface area (Å²) < 4.78 is 29.6. The van der Waals surface area contributed by atoms with E-state index < -0.39 is 16.1 Å². The van der Waals surface area contributed by atoms with E-state index in [1.807, 2.05) is 35.0 Å². The molecule has 0 saturated heterocycles. The van der Waals surface area contributed by atoms with Gasteiger partial charge in [-0.15, -0.1) is 0 Å². The molecule has 3 rings (SSSR count). The van der Waals surface area contributed by atoms with Gasteiger partial charge in [0.1, 0.15) is 0 Å². The van der Waals surface area contributed by atoms with Crippen molar-refractivity contribution in [3.63, 3.8) is 0 Å². The monoisotopic (exact) mass is 395 g/mol. The van der Waals surface area contributed by atoms with Gasteiger partial charge in [0.2, 0.25) is 10.0 Å². The van der Waals surface area contributed by atoms with Crippen LogP contribution in [0.3, 0.4) is 0 Å². The van der Waals surface area contributed by atoms with Crippen LogP contribution < -0.4 is 4.72 Å². The normalized spacial score (nSPS) is 12.9. The second kappa shape index (κ2) is 7.17. The van der Waals surface area contributed by atoms with Gasteiger partial charge in [0.15, 0.2) is 0 Å². The maximum Gasteiger partial charge on any atom is 0.241 e. The molecular formula is C17H15Cl2N3O2S. The number of halogens is 2. The maximum absolute atomic E-state index is 12.5. The van der Waals surface area contributed by atoms with Crippen LogP contribution in [0.2, 0.25) is 10.0 Å². The lowest BCUT2D eigenvalue weighted by atomic mass is 10.1. The largest absolute Gasteiger partial charge is 0.306 e. The molecule has 0 unspecified atom stereocenters. The van der Waals surface area contributed by atoms with E-state index in [2.05, 4.69) is 9.71 Å². The van der Waals surface area contributed by atoms with E-state index in [0.717, 1.165) is 11.3 Å². The molecule has 0 saturated carbocycles. The maximum atomic E-state index is 12.5. The Labute approximate surface area is 156 Å². The third kappa shape index (κ3) is 4.22. The molecule has 0 aliphatic carbocycles. The first-order valence-electron chi connectivity index (χ1n) is 7.42. The number of imidazole rings is 1. The summed E-state index contributed by atoms with van der Waals surface area (Å²) in [5.74, 6) is 0. The zero-order valence-corrected chi connectivity index (χ0v) is 15.6. The smallest absolute Gasteiger partial charge is 0.241 e. The first-order valence-corrected chi connectivity index (χ1v) is 9.66. The number of aromatic nitrogens is 2. The minimum atomic E-state index is -3.74. The van der Waals surface area contributed by atoms with Gasteiger partial charge >= 0.3 is 0 Å². The van der Waals surface area contributed by atoms with Crippen LogP contribution >= 0.6 is 23.2 Å². The zero-order chi connectivity index (χ0) is 18.0. The van der Waals surface area contributed by atoms with E-state index >= 15 is 0 Å². The number of rotatable bonds is 5. The molecule has 1 aromatic heterocycles. The Hall–Kier alpha value is -1.86. The highest BCUT2D eigenvalue weighted by molar-refractivity contribution is 7.89. The predicted molar refractivity (Wildman–Crippen MR) is 98.8 cm³/mol. The van der Waals surface area contributed by atoms with Crippen LogP contribution in [-0.4, -0.2) is 18.0 Å². The molecule has 0 spiro atoms. The summed E-state index contributed by atoms with van der Waals surface area (Å²) in [5, 5.41) is 0.537. The first kappa shape index (κ1) is 17.9.